The summed E-state index contributed by atoms with van der Waals surface area (Å²) in [7, 11) is 0. The Hall–Kier alpha value is -1.44. The maximum atomic E-state index is 12.0. The second kappa shape index (κ2) is 7.53. The van der Waals surface area contributed by atoms with Crippen LogP contribution in [-0.4, -0.2) is 43.7 Å². The van der Waals surface area contributed by atoms with E-state index in [1.54, 1.807) is 12.1 Å². The molecule has 0 radical (unpaired) electrons. The number of benzene rings is 1. The lowest BCUT2D eigenvalue weighted by molar-refractivity contribution is -0.130. The number of halogens is 1. The van der Waals surface area contributed by atoms with Gasteiger partial charge < -0.3 is 20.7 Å². The molecule has 21 heavy (non-hydrogen) atoms. The number of hydrogen-bond acceptors (Lipinski definition) is 4. The fourth-order valence-corrected chi connectivity index (χ4v) is 2.31. The maximum Gasteiger partial charge on any atom is 0.243 e. The Balaban J connectivity index is 1.78. The lowest BCUT2D eigenvalue weighted by Crippen LogP contribution is -2.56. The topological polar surface area (TPSA) is 79.5 Å². The lowest BCUT2D eigenvalue weighted by Gasteiger charge is -2.29. The Morgan fingerprint density at radius 1 is 1.38 bits per heavy atom. The van der Waals surface area contributed by atoms with Crippen LogP contribution < -0.4 is 16.0 Å². The number of ether oxygens (including phenoxy) is 1. The summed E-state index contributed by atoms with van der Waals surface area (Å²) in [6.45, 7) is 2.99. The molecule has 114 valence electrons. The van der Waals surface area contributed by atoms with Crippen LogP contribution >= 0.6 is 15.9 Å². The van der Waals surface area contributed by atoms with Crippen molar-refractivity contribution in [2.75, 3.05) is 25.0 Å². The molecular weight excluding hydrogens is 338 g/mol. The minimum atomic E-state index is -0.417. The van der Waals surface area contributed by atoms with Crippen molar-refractivity contribution in [1.82, 2.24) is 10.6 Å². The van der Waals surface area contributed by atoms with Crippen molar-refractivity contribution in [3.63, 3.8) is 0 Å². The molecule has 6 nitrogen and oxygen atoms in total. The first-order chi connectivity index (χ1) is 10.1. The van der Waals surface area contributed by atoms with Gasteiger partial charge in [-0.25, -0.2) is 0 Å². The van der Waals surface area contributed by atoms with E-state index >= 15 is 0 Å². The summed E-state index contributed by atoms with van der Waals surface area (Å²) in [4.78, 5) is 23.7. The van der Waals surface area contributed by atoms with Crippen molar-refractivity contribution in [1.29, 1.82) is 0 Å². The van der Waals surface area contributed by atoms with Gasteiger partial charge in [-0.3, -0.25) is 9.59 Å². The first-order valence-corrected chi connectivity index (χ1v) is 7.53. The second-order valence-corrected chi connectivity index (χ2v) is 5.70. The number of amides is 2. The van der Waals surface area contributed by atoms with E-state index < -0.39 is 6.04 Å². The summed E-state index contributed by atoms with van der Waals surface area (Å²) < 4.78 is 6.33. The molecule has 2 rings (SSSR count). The van der Waals surface area contributed by atoms with Crippen LogP contribution in [0.1, 0.15) is 6.92 Å². The highest BCUT2D eigenvalue weighted by Crippen LogP contribution is 2.13. The zero-order chi connectivity index (χ0) is 15.2. The number of carbonyl (C=O) groups excluding carboxylic acids is 2. The molecule has 0 aromatic heterocycles. The van der Waals surface area contributed by atoms with Crippen molar-refractivity contribution in [2.24, 2.45) is 0 Å². The highest BCUT2D eigenvalue weighted by Gasteiger charge is 2.28. The highest BCUT2D eigenvalue weighted by atomic mass is 79.9. The van der Waals surface area contributed by atoms with E-state index in [2.05, 4.69) is 31.9 Å². The first kappa shape index (κ1) is 15.9. The molecule has 2 amide bonds. The zero-order valence-corrected chi connectivity index (χ0v) is 13.3. The molecule has 0 aliphatic carbocycles. The number of anilines is 1. The smallest absolute Gasteiger partial charge is 0.243 e. The Morgan fingerprint density at radius 2 is 2.10 bits per heavy atom. The van der Waals surface area contributed by atoms with Crippen LogP contribution in [0.4, 0.5) is 5.69 Å². The van der Waals surface area contributed by atoms with Crippen molar-refractivity contribution < 1.29 is 14.3 Å². The Labute approximate surface area is 131 Å². The van der Waals surface area contributed by atoms with Crippen molar-refractivity contribution in [2.45, 2.75) is 19.1 Å². The molecule has 1 aromatic rings. The Morgan fingerprint density at radius 3 is 2.76 bits per heavy atom. The van der Waals surface area contributed by atoms with Crippen molar-refractivity contribution in [3.8, 4) is 0 Å². The molecular formula is C14H18BrN3O3. The molecule has 0 bridgehead atoms. The molecule has 1 heterocycles. The van der Waals surface area contributed by atoms with Gasteiger partial charge in [-0.2, -0.15) is 0 Å². The normalized spacial score (nSPS) is 21.6. The third kappa shape index (κ3) is 4.80. The fourth-order valence-electron chi connectivity index (χ4n) is 2.04. The molecule has 0 spiro atoms. The number of nitrogens with one attached hydrogen (secondary N) is 3. The quantitative estimate of drug-likeness (QED) is 0.749. The predicted molar refractivity (Wildman–Crippen MR) is 83.0 cm³/mol. The van der Waals surface area contributed by atoms with Crippen LogP contribution in [0, 0.1) is 0 Å². The van der Waals surface area contributed by atoms with Crippen LogP contribution in [0.25, 0.3) is 0 Å². The van der Waals surface area contributed by atoms with Gasteiger partial charge in [0.2, 0.25) is 11.8 Å². The number of hydrogen-bond donors (Lipinski definition) is 3. The van der Waals surface area contributed by atoms with Crippen LogP contribution in [0.3, 0.4) is 0 Å². The lowest BCUT2D eigenvalue weighted by atomic mass is 10.1. The molecule has 1 fully saturated rings. The number of carbonyl (C=O) groups is 2. The molecule has 1 aromatic carbocycles. The van der Waals surface area contributed by atoms with Gasteiger partial charge in [-0.15, -0.1) is 0 Å². The van der Waals surface area contributed by atoms with E-state index in [9.17, 15) is 9.59 Å². The van der Waals surface area contributed by atoms with Crippen LogP contribution in [0.5, 0.6) is 0 Å². The summed E-state index contributed by atoms with van der Waals surface area (Å²) >= 11 is 3.32. The van der Waals surface area contributed by atoms with E-state index in [0.717, 1.165) is 4.47 Å². The van der Waals surface area contributed by atoms with Gasteiger partial charge in [0.1, 0.15) is 6.04 Å². The maximum absolute atomic E-state index is 12.0. The highest BCUT2D eigenvalue weighted by molar-refractivity contribution is 9.10. The SMILES string of the molecule is C[C@H]1OCCN[C@@H]1C(=O)NCC(=O)Nc1ccc(Br)cc1. The Bertz CT molecular complexity index is 507. The van der Waals surface area contributed by atoms with E-state index in [4.69, 9.17) is 4.74 Å². The van der Waals surface area contributed by atoms with Crippen LogP contribution in [0.15, 0.2) is 28.7 Å². The summed E-state index contributed by atoms with van der Waals surface area (Å²) in [6, 6.07) is 6.81. The van der Waals surface area contributed by atoms with E-state index in [-0.39, 0.29) is 24.5 Å². The molecule has 1 aliphatic heterocycles. The monoisotopic (exact) mass is 355 g/mol. The van der Waals surface area contributed by atoms with Gasteiger partial charge in [0, 0.05) is 16.7 Å². The van der Waals surface area contributed by atoms with Gasteiger partial charge in [-0.1, -0.05) is 15.9 Å². The minimum absolute atomic E-state index is 0.0696. The van der Waals surface area contributed by atoms with E-state index in [1.165, 1.54) is 0 Å². The third-order valence-corrected chi connectivity index (χ3v) is 3.68. The standard InChI is InChI=1S/C14H18BrN3O3/c1-9-13(16-6-7-21-9)14(20)17-8-12(19)18-11-4-2-10(15)3-5-11/h2-5,9,13,16H,6-8H2,1H3,(H,17,20)(H,18,19)/t9-,13+/m1/s1. The molecule has 1 saturated heterocycles. The Kier molecular flexibility index (Phi) is 5.72. The van der Waals surface area contributed by atoms with E-state index in [0.29, 0.717) is 18.8 Å². The predicted octanol–water partition coefficient (Wildman–Crippen LogP) is 0.881. The average Bonchev–Trinajstić information content (AvgIpc) is 2.48. The van der Waals surface area contributed by atoms with Crippen molar-refractivity contribution in [3.05, 3.63) is 28.7 Å². The molecule has 0 saturated carbocycles. The summed E-state index contributed by atoms with van der Waals surface area (Å²) in [5, 5.41) is 8.40. The van der Waals surface area contributed by atoms with E-state index in [1.807, 2.05) is 19.1 Å². The van der Waals surface area contributed by atoms with Gasteiger partial charge >= 0.3 is 0 Å². The summed E-state index contributed by atoms with van der Waals surface area (Å²) in [5.74, 6) is -0.497. The average molecular weight is 356 g/mol. The fraction of sp³-hybridized carbons (Fsp3) is 0.429. The minimum Gasteiger partial charge on any atom is -0.375 e. The van der Waals surface area contributed by atoms with Crippen molar-refractivity contribution >= 4 is 33.4 Å². The number of morpholine rings is 1. The molecule has 7 heteroatoms. The molecule has 3 N–H and O–H groups in total. The third-order valence-electron chi connectivity index (χ3n) is 3.15. The zero-order valence-electron chi connectivity index (χ0n) is 11.7. The van der Waals surface area contributed by atoms with Crippen LogP contribution in [-0.2, 0) is 14.3 Å². The largest absolute Gasteiger partial charge is 0.375 e. The number of rotatable bonds is 4. The molecule has 1 aliphatic rings. The van der Waals surface area contributed by atoms with Gasteiger partial charge in [0.15, 0.2) is 0 Å². The van der Waals surface area contributed by atoms with Crippen LogP contribution in [0.2, 0.25) is 0 Å². The van der Waals surface area contributed by atoms with Gasteiger partial charge in [0.25, 0.3) is 0 Å². The summed E-state index contributed by atoms with van der Waals surface area (Å²) in [5.41, 5.74) is 0.685. The van der Waals surface area contributed by atoms with Gasteiger partial charge in [-0.05, 0) is 31.2 Å². The molecule has 2 atom stereocenters. The molecule has 0 unspecified atom stereocenters. The second-order valence-electron chi connectivity index (χ2n) is 4.78. The van der Waals surface area contributed by atoms with Gasteiger partial charge in [0.05, 0.1) is 19.3 Å². The summed E-state index contributed by atoms with van der Waals surface area (Å²) in [6.07, 6.45) is -0.201. The first-order valence-electron chi connectivity index (χ1n) is 6.74.